The maximum atomic E-state index is 14.2. The molecule has 0 atom stereocenters. The fourth-order valence-electron chi connectivity index (χ4n) is 5.99. The van der Waals surface area contributed by atoms with Crippen LogP contribution < -0.4 is 21.2 Å². The first-order chi connectivity index (χ1) is 25.4. The van der Waals surface area contributed by atoms with E-state index in [0.29, 0.717) is 16.2 Å². The van der Waals surface area contributed by atoms with Gasteiger partial charge < -0.3 is 4.57 Å². The zero-order chi connectivity index (χ0) is 39.0. The topological polar surface area (TPSA) is 85.3 Å². The van der Waals surface area contributed by atoms with Crippen LogP contribution >= 0.6 is 24.0 Å². The second-order valence-corrected chi connectivity index (χ2v) is 16.5. The standard InChI is InChI=1S/C22H21O2P.C12H10OP.C10H12O.CH4.HOP.U.V/c1-16-14-17(2)21(18(3)15-16)22(23)25(24,19-10-6-4-7-11-19)20-12-8-5-9-13-20;13-14(11-7-3-1-4-8-11)12-9-5-2-6-10-12;1-7-4-8(2)10(6-11)9(3)5-7;;1-2;;/h4-15H,1-3H3;1-10H;4-6H,1-3H3;1H4;2H;;/q;+1;;;;;/i;;;;2T;;. The van der Waals surface area contributed by atoms with E-state index in [4.69, 9.17) is 5.84 Å². The van der Waals surface area contributed by atoms with Gasteiger partial charge in [0.05, 0.1) is 0 Å². The number of hydrogen-bond donors (Lipinski definition) is 0. The molecule has 0 N–H and O–H groups in total. The molecule has 6 aromatic carbocycles. The summed E-state index contributed by atoms with van der Waals surface area (Å²) in [6, 6.07) is 45.2. The summed E-state index contributed by atoms with van der Waals surface area (Å²) in [5, 5.41) is 2.92. The molecule has 0 saturated carbocycles. The average Bonchev–Trinajstić information content (AvgIpc) is 3.16. The van der Waals surface area contributed by atoms with Gasteiger partial charge in [0.15, 0.2) is 16.9 Å². The van der Waals surface area contributed by atoms with Gasteiger partial charge in [-0.05, 0) is 88.1 Å². The number of carbonyl (C=O) groups excluding carboxylic acids is 2. The minimum Gasteiger partial charge on any atom is -0.305 e. The van der Waals surface area contributed by atoms with Crippen molar-refractivity contribution < 1.29 is 73.0 Å². The van der Waals surface area contributed by atoms with Crippen LogP contribution in [0.3, 0.4) is 0 Å². The molecular weight excluding hydrogens is 1000 g/mol. The second-order valence-electron chi connectivity index (χ2n) is 12.3. The van der Waals surface area contributed by atoms with Crippen LogP contribution in [0.15, 0.2) is 146 Å². The number of aldehydes is 1. The molecule has 0 aliphatic heterocycles. The molecule has 6 rings (SSSR count). The van der Waals surface area contributed by atoms with Crippen LogP contribution in [0.4, 0.5) is 0 Å². The van der Waals surface area contributed by atoms with Gasteiger partial charge in [0, 0.05) is 71.4 Å². The third kappa shape index (κ3) is 14.0. The molecule has 0 fully saturated rings. The van der Waals surface area contributed by atoms with Crippen LogP contribution in [0.1, 0.15) is 61.5 Å². The van der Waals surface area contributed by atoms with Gasteiger partial charge in [-0.2, -0.15) is 0 Å². The monoisotopic (exact) mass is 1050 g/mol. The molecule has 0 amide bonds. The molecular formula is C45H48O5P3UV+. The molecule has 281 valence electrons. The summed E-state index contributed by atoms with van der Waals surface area (Å²) in [7, 11) is -5.45. The van der Waals surface area contributed by atoms with E-state index < -0.39 is 24.0 Å². The molecule has 10 heteroatoms. The Labute approximate surface area is 367 Å². The number of aryl methyl sites for hydroxylation is 6. The van der Waals surface area contributed by atoms with Crippen LogP contribution in [0.2, 0.25) is 0 Å². The van der Waals surface area contributed by atoms with Crippen LogP contribution in [0, 0.1) is 72.7 Å². The predicted octanol–water partition coefficient (Wildman–Crippen LogP) is 10.8. The smallest absolute Gasteiger partial charge is 0.305 e. The van der Waals surface area contributed by atoms with Crippen molar-refractivity contribution >= 4 is 57.0 Å². The minimum absolute atomic E-state index is 0. The Hall–Kier alpha value is -3.27. The molecule has 0 saturated heterocycles. The summed E-state index contributed by atoms with van der Waals surface area (Å²) in [6.45, 7) is 11.8. The van der Waals surface area contributed by atoms with E-state index in [9.17, 15) is 18.7 Å². The van der Waals surface area contributed by atoms with Crippen molar-refractivity contribution in [2.75, 3.05) is 0 Å². The summed E-state index contributed by atoms with van der Waals surface area (Å²) < 4.78 is 40.3. The molecule has 0 aromatic heterocycles. The van der Waals surface area contributed by atoms with Crippen LogP contribution in [-0.2, 0) is 32.3 Å². The quantitative estimate of drug-likeness (QED) is 0.117. The molecule has 0 heterocycles. The molecule has 55 heavy (non-hydrogen) atoms. The minimum atomic E-state index is -3.44. The van der Waals surface area contributed by atoms with E-state index in [1.54, 1.807) is 24.3 Å². The van der Waals surface area contributed by atoms with E-state index in [-0.39, 0.29) is 62.6 Å². The first-order valence-corrected chi connectivity index (χ1v) is 19.9. The molecule has 0 aliphatic carbocycles. The van der Waals surface area contributed by atoms with Crippen molar-refractivity contribution in [1.29, 1.82) is 1.28 Å². The van der Waals surface area contributed by atoms with Crippen molar-refractivity contribution in [1.82, 2.24) is 0 Å². The first kappa shape index (κ1) is 49.7. The van der Waals surface area contributed by atoms with Crippen molar-refractivity contribution in [3.63, 3.8) is 0 Å². The summed E-state index contributed by atoms with van der Waals surface area (Å²) >= 11 is 0. The van der Waals surface area contributed by atoms with Crippen molar-refractivity contribution in [3.8, 4) is 0 Å². The molecule has 0 spiro atoms. The van der Waals surface area contributed by atoms with Gasteiger partial charge in [0.1, 0.15) is 10.3 Å². The average molecular weight is 1050 g/mol. The SMILES string of the molecule is C.Cc1cc(C)c(C(=O)P(=O)(c2ccccc2)c2ccccc2)c(C)c1.Cc1cc(C)c(C=O)c(C)c1.O=[P+](c1ccccc1)c1ccccc1.[3H]P=O.[U].[V]. The Balaban J connectivity index is 0.000000831. The van der Waals surface area contributed by atoms with Crippen molar-refractivity contribution in [2.45, 2.75) is 49.0 Å². The van der Waals surface area contributed by atoms with Crippen LogP contribution in [-0.4, -0.2) is 13.1 Å². The third-order valence-corrected chi connectivity index (χ3v) is 12.6. The predicted molar refractivity (Wildman–Crippen MR) is 226 cm³/mol. The van der Waals surface area contributed by atoms with Gasteiger partial charge in [-0.15, -0.1) is 0 Å². The number of benzene rings is 6. The first-order valence-electron chi connectivity index (χ1n) is 17.0. The number of hydrogen-bond acceptors (Lipinski definition) is 5. The Morgan fingerprint density at radius 3 is 1.22 bits per heavy atom. The van der Waals surface area contributed by atoms with Crippen LogP contribution in [0.25, 0.3) is 0 Å². The largest absolute Gasteiger partial charge is 0.415 e. The summed E-state index contributed by atoms with van der Waals surface area (Å²) in [5.41, 5.74) is 7.29. The molecule has 1 radical (unpaired) electrons. The fraction of sp³-hybridized carbons (Fsp3) is 0.156. The Morgan fingerprint density at radius 2 is 0.909 bits per heavy atom. The maximum absolute atomic E-state index is 14.2. The van der Waals surface area contributed by atoms with E-state index >= 15 is 0 Å². The van der Waals surface area contributed by atoms with Gasteiger partial charge in [-0.1, -0.05) is 144 Å². The van der Waals surface area contributed by atoms with E-state index in [0.717, 1.165) is 50.3 Å². The fourth-order valence-corrected chi connectivity index (χ4v) is 9.79. The third-order valence-electron chi connectivity index (χ3n) is 8.25. The molecule has 0 unspecified atom stereocenters. The number of carbonyl (C=O) groups is 2. The van der Waals surface area contributed by atoms with E-state index in [1.807, 2.05) is 163 Å². The molecule has 0 bridgehead atoms. The Bertz CT molecular complexity index is 2080. The van der Waals surface area contributed by atoms with Gasteiger partial charge in [-0.25, -0.2) is 0 Å². The van der Waals surface area contributed by atoms with Gasteiger partial charge >= 0.3 is 7.80 Å². The molecule has 6 aromatic rings. The van der Waals surface area contributed by atoms with E-state index in [1.165, 1.54) is 5.56 Å². The normalized spacial score (nSPS) is 9.96. The van der Waals surface area contributed by atoms with Crippen LogP contribution in [0.5, 0.6) is 0 Å². The van der Waals surface area contributed by atoms with Gasteiger partial charge in [0.2, 0.25) is 12.7 Å². The van der Waals surface area contributed by atoms with Crippen molar-refractivity contribution in [2.24, 2.45) is 0 Å². The maximum Gasteiger partial charge on any atom is 0.415 e. The summed E-state index contributed by atoms with van der Waals surface area (Å²) in [6.07, 6.45) is 0.921. The second kappa shape index (κ2) is 25.8. The summed E-state index contributed by atoms with van der Waals surface area (Å²) in [5.74, 6) is 0. The molecule has 5 nitrogen and oxygen atoms in total. The summed E-state index contributed by atoms with van der Waals surface area (Å²) in [4.78, 5) is 24.1. The van der Waals surface area contributed by atoms with Crippen molar-refractivity contribution in [3.05, 3.63) is 190 Å². The van der Waals surface area contributed by atoms with E-state index in [2.05, 4.69) is 0 Å². The zero-order valence-corrected chi connectivity index (χ0v) is 39.5. The number of rotatable bonds is 7. The zero-order valence-electron chi connectivity index (χ0n) is 32.3. The van der Waals surface area contributed by atoms with Gasteiger partial charge in [0.25, 0.3) is 0 Å². The Morgan fingerprint density at radius 1 is 0.618 bits per heavy atom. The molecule has 0 aliphatic rings. The van der Waals surface area contributed by atoms with Gasteiger partial charge in [-0.3, -0.25) is 14.2 Å². The Kier molecular flexibility index (Phi) is 23.3.